The van der Waals surface area contributed by atoms with E-state index in [0.717, 1.165) is 79.0 Å². The Morgan fingerprint density at radius 1 is 0.462 bits per heavy atom. The lowest BCUT2D eigenvalue weighted by Crippen LogP contribution is -2.18. The predicted octanol–water partition coefficient (Wildman–Crippen LogP) is 21.2. The zero-order valence-electron chi connectivity index (χ0n) is 88.0. The van der Waals surface area contributed by atoms with Crippen LogP contribution in [-0.2, 0) is 103 Å². The third-order valence-electron chi connectivity index (χ3n) is 23.0. The second-order valence-electron chi connectivity index (χ2n) is 39.7. The number of ketones is 3. The van der Waals surface area contributed by atoms with E-state index in [9.17, 15) is 14.4 Å². The predicted molar refractivity (Wildman–Crippen MR) is 568 cm³/mol. The first-order valence-electron chi connectivity index (χ1n) is 47.5. The Hall–Kier alpha value is -15.6. The molecule has 0 atom stereocenters. The van der Waals surface area contributed by atoms with Crippen molar-refractivity contribution in [3.8, 4) is 70.4 Å². The van der Waals surface area contributed by atoms with E-state index in [1.165, 1.54) is 43.5 Å². The minimum Gasteiger partial charge on any atom is -0.455 e. The van der Waals surface area contributed by atoms with Gasteiger partial charge in [0.15, 0.2) is 61.1 Å². The number of nitrogens with one attached hydrogen (secondary N) is 3. The van der Waals surface area contributed by atoms with Crippen molar-refractivity contribution in [3.63, 3.8) is 0 Å². The smallest absolute Gasteiger partial charge is 0.210 e. The molecule has 0 saturated heterocycles. The SMILES string of the molecule is CC(=O)Cc1cc(Oc2cnc3[nH]c(=S)n(C)c3c2C)ccn1.CC(=O)Cc1cc(Oc2cnc3nc(Br)n(C)c3c2C)ccn1.CC(=O)Cc1cc(Oc2cnc3nc(Nc4cc(C(C)C)n(CCC#N)n4)n(C)c3c2C)ccn1.CC(C)(C)c1cc(N)nn1CCC#N.CC(C)(C)c1cc(N)nn1CCC#N.Cc1ccc(C)n1-c1cc(C(C)(C)C)[nH]n1.Cc1ccc(C)n1-c1cc(C(C)(C)C)n(CCC#N)n1. The fourth-order valence-corrected chi connectivity index (χ4v) is 16.4. The maximum Gasteiger partial charge on any atom is 0.210 e. The number of nitrogen functional groups attached to an aromatic ring is 2. The molecule has 0 unspecified atom stereocenters. The van der Waals surface area contributed by atoms with Crippen LogP contribution in [0.25, 0.3) is 45.1 Å². The zero-order chi connectivity index (χ0) is 107. The first-order chi connectivity index (χ1) is 68.3. The number of hydrogen-bond acceptors (Lipinski definition) is 27. The third kappa shape index (κ3) is 29.3. The van der Waals surface area contributed by atoms with Gasteiger partial charge in [-0.05, 0) is 146 Å². The van der Waals surface area contributed by atoms with E-state index in [1.54, 1.807) is 73.6 Å². The lowest BCUT2D eigenvalue weighted by Gasteiger charge is -2.19. The number of aryl methyl sites for hydroxylation is 14. The summed E-state index contributed by atoms with van der Waals surface area (Å²) in [7, 11) is 5.70. The van der Waals surface area contributed by atoms with Crippen molar-refractivity contribution >= 4 is 102 Å². The van der Waals surface area contributed by atoms with E-state index in [4.69, 9.17) is 64.0 Å². The first-order valence-corrected chi connectivity index (χ1v) is 48.7. The minimum atomic E-state index is 0.00959. The number of anilines is 4. The molecule has 16 heterocycles. The van der Waals surface area contributed by atoms with Gasteiger partial charge in [0.05, 0.1) is 128 Å². The fourth-order valence-electron chi connectivity index (χ4n) is 15.9. The van der Waals surface area contributed by atoms with Gasteiger partial charge in [-0.3, -0.25) is 53.2 Å². The van der Waals surface area contributed by atoms with Gasteiger partial charge in [0, 0.05) is 197 Å². The summed E-state index contributed by atoms with van der Waals surface area (Å²) in [4.78, 5) is 71.6. The summed E-state index contributed by atoms with van der Waals surface area (Å²) in [5.74, 6) is 8.37. The number of pyridine rings is 6. The van der Waals surface area contributed by atoms with Crippen molar-refractivity contribution in [1.82, 2.24) is 117 Å². The number of hydrogen-bond donors (Lipinski definition) is 5. The number of carbonyl (C=O) groups is 3. The van der Waals surface area contributed by atoms with Gasteiger partial charge < -0.3 is 58.8 Å². The molecule has 7 N–H and O–H groups in total. The number of aromatic amines is 2. The van der Waals surface area contributed by atoms with Crippen LogP contribution >= 0.6 is 28.1 Å². The van der Waals surface area contributed by atoms with Crippen LogP contribution in [0, 0.1) is 98.6 Å². The molecule has 16 aromatic heterocycles. The summed E-state index contributed by atoms with van der Waals surface area (Å²) in [5, 5.41) is 63.2. The summed E-state index contributed by atoms with van der Waals surface area (Å²) in [6.45, 7) is 51.1. The van der Waals surface area contributed by atoms with E-state index < -0.39 is 0 Å². The molecule has 0 aromatic carbocycles. The van der Waals surface area contributed by atoms with Gasteiger partial charge in [-0.25, -0.2) is 19.9 Å². The van der Waals surface area contributed by atoms with Gasteiger partial charge >= 0.3 is 0 Å². The zero-order valence-corrected chi connectivity index (χ0v) is 90.4. The number of fused-ring (bicyclic) bond motifs is 3. The Kier molecular flexibility index (Phi) is 37.2. The summed E-state index contributed by atoms with van der Waals surface area (Å²) >= 11 is 8.63. The van der Waals surface area contributed by atoms with Gasteiger partial charge in [0.2, 0.25) is 5.95 Å². The van der Waals surface area contributed by atoms with Crippen LogP contribution in [0.5, 0.6) is 34.5 Å². The summed E-state index contributed by atoms with van der Waals surface area (Å²) < 4.78 is 36.8. The number of H-pyrrole nitrogens is 2. The minimum absolute atomic E-state index is 0.00959. The summed E-state index contributed by atoms with van der Waals surface area (Å²) in [6, 6.07) is 37.5. The van der Waals surface area contributed by atoms with Crippen molar-refractivity contribution < 1.29 is 28.6 Å². The second-order valence-corrected chi connectivity index (χ2v) is 40.8. The van der Waals surface area contributed by atoms with Gasteiger partial charge in [-0.1, -0.05) is 96.9 Å². The van der Waals surface area contributed by atoms with Gasteiger partial charge in [-0.2, -0.15) is 51.5 Å². The topological polar surface area (TPSA) is 482 Å². The highest BCUT2D eigenvalue weighted by atomic mass is 79.9. The molecule has 0 bridgehead atoms. The molecule has 16 aromatic rings. The Bertz CT molecular complexity index is 7420. The number of carbonyl (C=O) groups excluding carboxylic acids is 3. The van der Waals surface area contributed by atoms with Crippen molar-refractivity contribution in [2.45, 2.75) is 265 Å². The van der Waals surface area contributed by atoms with E-state index >= 15 is 0 Å². The van der Waals surface area contributed by atoms with Crippen molar-refractivity contribution in [3.05, 3.63) is 223 Å². The Morgan fingerprint density at radius 2 is 0.841 bits per heavy atom. The molecule has 760 valence electrons. The molecule has 0 amide bonds. The van der Waals surface area contributed by atoms with E-state index in [-0.39, 0.29) is 51.3 Å². The molecule has 16 rings (SSSR count). The Balaban J connectivity index is 0.000000178. The normalized spacial score (nSPS) is 11.3. The van der Waals surface area contributed by atoms with E-state index in [2.05, 4.69) is 286 Å². The second kappa shape index (κ2) is 48.4. The maximum absolute atomic E-state index is 11.4. The number of halogens is 1. The standard InChI is InChI=1S/C25H28N8O2.C16H15BrN4O2.C16H16N4O2S.C16H22N4.C13H19N3.2C10H16N4/c1-15(2)20-13-22(31-33(20)10-6-8-26)29-25-30-24-23(32(25)5)17(4)21(14-28-24)35-19-7-9-27-18(12-19)11-16(3)34;1-9(22)6-11-7-12(4-5-18-11)23-13-8-19-15-14(10(13)2)21(3)16(17)20-15;1-9(21)6-11-7-12(4-5-17-11)22-13-8-18-15-14(10(13)2)20(3)16(23)19-15;1-12-7-8-13(2)20(12)15-11-14(16(3,4)5)19(18-15)10-6-9-17;1-9-6-7-10(2)16(9)12-8-11(14-15-12)13(3,4)5;2*1-10(2,3)8-7-9(12)13-14(8)6-4-5-11/h7,9,12-15H,6,10-11H2,1-5H3,(H,28,29,30,31);4-5,7-8H,6H2,1-3H3;4-5,7-8H,6H2,1-3H3,(H,18,19,23);7-8,11H,6,10H2,1-5H3;6-8H,1-5H3,(H,14,15);2*7H,4,6H2,1-3H3,(H2,12,13). The highest BCUT2D eigenvalue weighted by Crippen LogP contribution is 2.37. The van der Waals surface area contributed by atoms with Gasteiger partial charge in [0.1, 0.15) is 46.2 Å². The first kappa shape index (κ1) is 111. The number of rotatable bonds is 25. The van der Waals surface area contributed by atoms with Crippen LogP contribution in [0.1, 0.15) is 234 Å². The molecular weight excluding hydrogens is 1920 g/mol. The third-order valence-corrected chi connectivity index (χ3v) is 24.1. The van der Waals surface area contributed by atoms with Crippen molar-refractivity contribution in [2.24, 2.45) is 21.1 Å². The number of nitrogens with zero attached hydrogens (tertiary/aromatic N) is 26. The quantitative estimate of drug-likeness (QED) is 0.0332. The molecule has 145 heavy (non-hydrogen) atoms. The Labute approximate surface area is 859 Å². The Morgan fingerprint density at radius 3 is 1.23 bits per heavy atom. The van der Waals surface area contributed by atoms with E-state index in [0.29, 0.717) is 160 Å². The van der Waals surface area contributed by atoms with Crippen molar-refractivity contribution in [2.75, 3.05) is 16.8 Å². The highest BCUT2D eigenvalue weighted by Gasteiger charge is 2.27. The number of Topliss-reactive ketones (excluding diaryl/α,β-unsaturated/α-hetero) is 3. The maximum atomic E-state index is 11.4. The van der Waals surface area contributed by atoms with Gasteiger partial charge in [-0.15, -0.1) is 0 Å². The molecule has 0 aliphatic carbocycles. The van der Waals surface area contributed by atoms with E-state index in [1.807, 2.05) is 92.5 Å². The monoisotopic (exact) mass is 2050 g/mol. The number of ether oxygens (including phenoxy) is 3. The lowest BCUT2D eigenvalue weighted by atomic mass is 9.92. The largest absolute Gasteiger partial charge is 0.455 e. The molecule has 37 nitrogen and oxygen atoms in total. The number of aromatic nitrogens is 24. The van der Waals surface area contributed by atoms with Crippen LogP contribution in [0.15, 0.2) is 133 Å². The molecule has 0 radical (unpaired) electrons. The van der Waals surface area contributed by atoms with Crippen LogP contribution in [0.3, 0.4) is 0 Å². The van der Waals surface area contributed by atoms with Crippen LogP contribution < -0.4 is 31.0 Å². The van der Waals surface area contributed by atoms with Gasteiger partial charge in [0.25, 0.3) is 0 Å². The summed E-state index contributed by atoms with van der Waals surface area (Å²) in [5.41, 5.74) is 31.1. The average molecular weight is 2050 g/mol. The lowest BCUT2D eigenvalue weighted by molar-refractivity contribution is -0.117. The number of nitriles is 4. The van der Waals surface area contributed by atoms with Crippen molar-refractivity contribution in [1.29, 1.82) is 21.0 Å². The molecular formula is C106H132BrN31O6S. The molecule has 0 fully saturated rings. The highest BCUT2D eigenvalue weighted by molar-refractivity contribution is 9.10. The molecule has 0 saturated carbocycles. The number of imidazole rings is 3. The van der Waals surface area contributed by atoms with Crippen LogP contribution in [0.4, 0.5) is 23.4 Å². The van der Waals surface area contributed by atoms with Crippen LogP contribution in [0.2, 0.25) is 0 Å². The molecule has 0 spiro atoms. The molecule has 0 aliphatic rings. The van der Waals surface area contributed by atoms with Crippen LogP contribution in [-0.4, -0.2) is 134 Å². The fraction of sp³-hybridized carbons (Fsp3) is 0.406. The average Bonchev–Trinajstić information content (AvgIpc) is 1.71. The molecule has 39 heteroatoms. The summed E-state index contributed by atoms with van der Waals surface area (Å²) in [6.07, 6.45) is 12.5. The number of nitrogens with two attached hydrogens (primary N) is 2. The molecule has 0 aliphatic heterocycles.